The number of sulfonamides is 1. The van der Waals surface area contributed by atoms with Gasteiger partial charge < -0.3 is 9.64 Å². The molecule has 2 aromatic rings. The number of nitrogens with one attached hydrogen (secondary N) is 1. The molecule has 3 heterocycles. The van der Waals surface area contributed by atoms with E-state index >= 15 is 0 Å². The van der Waals surface area contributed by atoms with Crippen molar-refractivity contribution in [1.82, 2.24) is 23.7 Å². The number of pyridine rings is 1. The highest BCUT2D eigenvalue weighted by molar-refractivity contribution is 7.89. The highest BCUT2D eigenvalue weighted by atomic mass is 32.2. The molecular weight excluding hydrogens is 406 g/mol. The standard InChI is InChI=1S/C16H19N5O7S/c1-9(22)21-5-4-20(8-12(21)15(24)28-3)29(26,27)10-6-11-13(17-7-10)19(2)16(25)18-14(11)23/h6-7,12H,4-5,8H2,1-3H3,(H,18,23,25). The number of aromatic amines is 1. The summed E-state index contributed by atoms with van der Waals surface area (Å²) in [7, 11) is -1.59. The molecule has 1 unspecified atom stereocenters. The number of carbonyl (C=O) groups is 2. The average molecular weight is 425 g/mol. The van der Waals surface area contributed by atoms with Crippen LogP contribution in [0.15, 0.2) is 26.7 Å². The molecule has 1 aliphatic rings. The van der Waals surface area contributed by atoms with E-state index < -0.39 is 33.3 Å². The molecule has 0 aliphatic carbocycles. The summed E-state index contributed by atoms with van der Waals surface area (Å²) in [4.78, 5) is 54.6. The summed E-state index contributed by atoms with van der Waals surface area (Å²) in [5.41, 5.74) is -1.40. The van der Waals surface area contributed by atoms with Gasteiger partial charge in [0.05, 0.1) is 12.5 Å². The molecule has 1 amide bonds. The number of fused-ring (bicyclic) bond motifs is 1. The van der Waals surface area contributed by atoms with E-state index in [2.05, 4.69) is 9.97 Å². The number of nitrogens with zero attached hydrogens (tertiary/aromatic N) is 4. The maximum Gasteiger partial charge on any atom is 0.329 e. The lowest BCUT2D eigenvalue weighted by atomic mass is 10.2. The van der Waals surface area contributed by atoms with Gasteiger partial charge in [-0.05, 0) is 6.07 Å². The molecule has 1 saturated heterocycles. The highest BCUT2D eigenvalue weighted by Gasteiger charge is 2.39. The van der Waals surface area contributed by atoms with E-state index in [0.717, 1.165) is 28.2 Å². The number of hydrogen-bond donors (Lipinski definition) is 1. The number of ether oxygens (including phenoxy) is 1. The van der Waals surface area contributed by atoms with Crippen molar-refractivity contribution in [2.45, 2.75) is 17.9 Å². The molecule has 13 heteroatoms. The largest absolute Gasteiger partial charge is 0.467 e. The third-order valence-corrected chi connectivity index (χ3v) is 6.62. The second-order valence-electron chi connectivity index (χ2n) is 6.47. The highest BCUT2D eigenvalue weighted by Crippen LogP contribution is 2.22. The van der Waals surface area contributed by atoms with Crippen molar-refractivity contribution in [2.75, 3.05) is 26.7 Å². The van der Waals surface area contributed by atoms with Crippen LogP contribution in [0.3, 0.4) is 0 Å². The zero-order chi connectivity index (χ0) is 21.5. The number of H-pyrrole nitrogens is 1. The van der Waals surface area contributed by atoms with Crippen molar-refractivity contribution in [1.29, 1.82) is 0 Å². The molecule has 0 saturated carbocycles. The number of piperazine rings is 1. The molecule has 0 bridgehead atoms. The smallest absolute Gasteiger partial charge is 0.329 e. The van der Waals surface area contributed by atoms with E-state index in [1.54, 1.807) is 0 Å². The van der Waals surface area contributed by atoms with Crippen LogP contribution in [-0.4, -0.2) is 76.8 Å². The number of amides is 1. The first-order chi connectivity index (χ1) is 13.6. The Morgan fingerprint density at radius 3 is 2.59 bits per heavy atom. The van der Waals surface area contributed by atoms with Crippen LogP contribution >= 0.6 is 0 Å². The molecule has 1 atom stereocenters. The number of esters is 1. The van der Waals surface area contributed by atoms with Crippen LogP contribution < -0.4 is 11.2 Å². The van der Waals surface area contributed by atoms with Crippen LogP contribution in [0.25, 0.3) is 11.0 Å². The summed E-state index contributed by atoms with van der Waals surface area (Å²) in [5, 5.41) is -0.0694. The summed E-state index contributed by atoms with van der Waals surface area (Å²) in [6.07, 6.45) is 1.04. The van der Waals surface area contributed by atoms with Crippen LogP contribution in [0.2, 0.25) is 0 Å². The van der Waals surface area contributed by atoms with Crippen molar-refractivity contribution >= 4 is 32.9 Å². The van der Waals surface area contributed by atoms with Gasteiger partial charge in [0, 0.05) is 39.8 Å². The molecule has 0 radical (unpaired) electrons. The van der Waals surface area contributed by atoms with Crippen molar-refractivity contribution in [3.63, 3.8) is 0 Å². The van der Waals surface area contributed by atoms with Gasteiger partial charge in [0.2, 0.25) is 15.9 Å². The lowest BCUT2D eigenvalue weighted by molar-refractivity contribution is -0.154. The predicted octanol–water partition coefficient (Wildman–Crippen LogP) is -1.98. The van der Waals surface area contributed by atoms with Gasteiger partial charge in [0.15, 0.2) is 0 Å². The Morgan fingerprint density at radius 1 is 1.28 bits per heavy atom. The van der Waals surface area contributed by atoms with E-state index in [1.165, 1.54) is 18.9 Å². The summed E-state index contributed by atoms with van der Waals surface area (Å²) >= 11 is 0. The Kier molecular flexibility index (Phi) is 5.28. The van der Waals surface area contributed by atoms with Gasteiger partial charge in [-0.15, -0.1) is 0 Å². The normalized spacial score (nSPS) is 18.0. The fourth-order valence-electron chi connectivity index (χ4n) is 3.20. The quantitative estimate of drug-likeness (QED) is 0.555. The van der Waals surface area contributed by atoms with Crippen LogP contribution in [-0.2, 0) is 31.4 Å². The lowest BCUT2D eigenvalue weighted by Crippen LogP contribution is -2.59. The minimum Gasteiger partial charge on any atom is -0.467 e. The van der Waals surface area contributed by atoms with Gasteiger partial charge in [-0.2, -0.15) is 4.31 Å². The maximum absolute atomic E-state index is 13.1. The first kappa shape index (κ1) is 20.7. The Balaban J connectivity index is 2.03. The molecule has 29 heavy (non-hydrogen) atoms. The topological polar surface area (TPSA) is 152 Å². The van der Waals surface area contributed by atoms with Gasteiger partial charge in [-0.25, -0.2) is 23.0 Å². The zero-order valence-electron chi connectivity index (χ0n) is 15.9. The van der Waals surface area contributed by atoms with E-state index in [1.807, 2.05) is 0 Å². The predicted molar refractivity (Wildman–Crippen MR) is 99.6 cm³/mol. The first-order valence-electron chi connectivity index (χ1n) is 8.52. The Hall–Kier alpha value is -3.06. The summed E-state index contributed by atoms with van der Waals surface area (Å²) in [6, 6.07) is 0.0409. The van der Waals surface area contributed by atoms with E-state index in [4.69, 9.17) is 4.74 Å². The van der Waals surface area contributed by atoms with Gasteiger partial charge in [0.1, 0.15) is 16.6 Å². The van der Waals surface area contributed by atoms with Gasteiger partial charge in [-0.3, -0.25) is 19.1 Å². The lowest BCUT2D eigenvalue weighted by Gasteiger charge is -2.38. The number of aromatic nitrogens is 3. The second kappa shape index (κ2) is 7.40. The van der Waals surface area contributed by atoms with Crippen LogP contribution in [0, 0.1) is 0 Å². The Morgan fingerprint density at radius 2 is 1.97 bits per heavy atom. The second-order valence-corrected chi connectivity index (χ2v) is 8.41. The van der Waals surface area contributed by atoms with Crippen molar-refractivity contribution in [2.24, 2.45) is 7.05 Å². The van der Waals surface area contributed by atoms with Crippen LogP contribution in [0.5, 0.6) is 0 Å². The van der Waals surface area contributed by atoms with Crippen LogP contribution in [0.4, 0.5) is 0 Å². The van der Waals surface area contributed by atoms with E-state index in [0.29, 0.717) is 0 Å². The van der Waals surface area contributed by atoms with Crippen molar-refractivity contribution in [3.05, 3.63) is 33.1 Å². The fourth-order valence-corrected chi connectivity index (χ4v) is 4.61. The minimum absolute atomic E-state index is 0.00439. The van der Waals surface area contributed by atoms with Gasteiger partial charge in [0.25, 0.3) is 5.56 Å². The number of methoxy groups -OCH3 is 1. The number of hydrogen-bond acceptors (Lipinski definition) is 8. The third-order valence-electron chi connectivity index (χ3n) is 4.79. The first-order valence-corrected chi connectivity index (χ1v) is 9.96. The average Bonchev–Trinajstić information content (AvgIpc) is 2.70. The molecule has 156 valence electrons. The molecule has 3 rings (SSSR count). The van der Waals surface area contributed by atoms with Crippen molar-refractivity contribution in [3.8, 4) is 0 Å². The van der Waals surface area contributed by atoms with Crippen molar-refractivity contribution < 1.29 is 22.7 Å². The van der Waals surface area contributed by atoms with Crippen LogP contribution in [0.1, 0.15) is 6.92 Å². The molecule has 0 aromatic carbocycles. The summed E-state index contributed by atoms with van der Waals surface area (Å²) in [6.45, 7) is 0.946. The number of aryl methyl sites for hydroxylation is 1. The molecule has 2 aromatic heterocycles. The number of rotatable bonds is 3. The minimum atomic E-state index is -4.13. The molecule has 1 N–H and O–H groups in total. The van der Waals surface area contributed by atoms with Gasteiger partial charge >= 0.3 is 11.7 Å². The molecule has 1 aliphatic heterocycles. The Bertz CT molecular complexity index is 1220. The summed E-state index contributed by atoms with van der Waals surface area (Å²) < 4.78 is 33.0. The van der Waals surface area contributed by atoms with Gasteiger partial charge in [-0.1, -0.05) is 0 Å². The summed E-state index contributed by atoms with van der Waals surface area (Å²) in [5.74, 6) is -1.11. The molecule has 1 fully saturated rings. The van der Waals surface area contributed by atoms with E-state index in [-0.39, 0.29) is 41.5 Å². The molecular formula is C16H19N5O7S. The number of carbonyl (C=O) groups excluding carboxylic acids is 2. The maximum atomic E-state index is 13.1. The molecule has 0 spiro atoms. The zero-order valence-corrected chi connectivity index (χ0v) is 16.7. The fraction of sp³-hybridized carbons (Fsp3) is 0.438. The third kappa shape index (κ3) is 3.53. The molecule has 12 nitrogen and oxygen atoms in total. The van der Waals surface area contributed by atoms with E-state index in [9.17, 15) is 27.6 Å². The Labute approximate surface area is 164 Å². The monoisotopic (exact) mass is 425 g/mol. The SMILES string of the molecule is COC(=O)C1CN(S(=O)(=O)c2cnc3c(c2)c(=O)[nH]c(=O)n3C)CCN1C(C)=O.